The quantitative estimate of drug-likeness (QED) is 0.695. The number of hydrogen-bond donors (Lipinski definition) is 0. The maximum absolute atomic E-state index is 12.3. The van der Waals surface area contributed by atoms with Gasteiger partial charge in [0.1, 0.15) is 18.6 Å². The highest BCUT2D eigenvalue weighted by molar-refractivity contribution is 5.79. The van der Waals surface area contributed by atoms with E-state index in [1.165, 1.54) is 0 Å². The summed E-state index contributed by atoms with van der Waals surface area (Å²) < 4.78 is 7.28. The molecule has 4 nitrogen and oxygen atoms in total. The molecule has 0 aliphatic carbocycles. The van der Waals surface area contributed by atoms with Gasteiger partial charge in [0, 0.05) is 12.6 Å². The molecular formula is C18H15NO3. The van der Waals surface area contributed by atoms with E-state index in [1.54, 1.807) is 35.9 Å². The number of carbonyl (C=O) groups is 1. The maximum Gasteiger partial charge on any atom is 0.257 e. The van der Waals surface area contributed by atoms with Crippen molar-refractivity contribution in [3.05, 3.63) is 76.1 Å². The highest BCUT2D eigenvalue weighted by Crippen LogP contribution is 2.15. The van der Waals surface area contributed by atoms with Gasteiger partial charge in [0.25, 0.3) is 5.56 Å². The van der Waals surface area contributed by atoms with E-state index >= 15 is 0 Å². The van der Waals surface area contributed by atoms with Crippen LogP contribution < -0.4 is 10.3 Å². The lowest BCUT2D eigenvalue weighted by Gasteiger charge is -2.10. The summed E-state index contributed by atoms with van der Waals surface area (Å²) in [6.07, 6.45) is 0.781. The molecule has 4 heteroatoms. The number of aryl methyl sites for hydroxylation is 1. The van der Waals surface area contributed by atoms with Gasteiger partial charge in [0.05, 0.1) is 11.1 Å². The van der Waals surface area contributed by atoms with Crippen LogP contribution in [0.3, 0.4) is 0 Å². The Bertz CT molecular complexity index is 879. The molecular weight excluding hydrogens is 278 g/mol. The molecule has 0 amide bonds. The van der Waals surface area contributed by atoms with Crippen molar-refractivity contribution in [1.82, 2.24) is 4.57 Å². The lowest BCUT2D eigenvalue weighted by atomic mass is 10.1. The summed E-state index contributed by atoms with van der Waals surface area (Å²) in [5, 5.41) is 1.000. The Morgan fingerprint density at radius 3 is 2.55 bits per heavy atom. The molecule has 0 unspecified atom stereocenters. The van der Waals surface area contributed by atoms with Crippen LogP contribution in [0.5, 0.6) is 5.75 Å². The van der Waals surface area contributed by atoms with Crippen LogP contribution >= 0.6 is 0 Å². The Labute approximate surface area is 127 Å². The summed E-state index contributed by atoms with van der Waals surface area (Å²) >= 11 is 0. The van der Waals surface area contributed by atoms with Crippen LogP contribution in [-0.2, 0) is 13.7 Å². The van der Waals surface area contributed by atoms with Gasteiger partial charge in [0.2, 0.25) is 0 Å². The van der Waals surface area contributed by atoms with Crippen LogP contribution in [0.2, 0.25) is 0 Å². The zero-order valence-corrected chi connectivity index (χ0v) is 12.2. The molecule has 0 fully saturated rings. The first-order chi connectivity index (χ1) is 10.7. The molecule has 0 bridgehead atoms. The monoisotopic (exact) mass is 293 g/mol. The van der Waals surface area contributed by atoms with E-state index in [4.69, 9.17) is 4.74 Å². The summed E-state index contributed by atoms with van der Waals surface area (Å²) in [6.45, 7) is 0.192. The number of rotatable bonds is 4. The minimum Gasteiger partial charge on any atom is -0.489 e. The van der Waals surface area contributed by atoms with Gasteiger partial charge in [-0.25, -0.2) is 0 Å². The van der Waals surface area contributed by atoms with Gasteiger partial charge in [-0.3, -0.25) is 9.59 Å². The van der Waals surface area contributed by atoms with Gasteiger partial charge >= 0.3 is 0 Å². The topological polar surface area (TPSA) is 48.3 Å². The van der Waals surface area contributed by atoms with Crippen LogP contribution in [0.1, 0.15) is 15.9 Å². The van der Waals surface area contributed by atoms with E-state index in [2.05, 4.69) is 0 Å². The maximum atomic E-state index is 12.3. The second kappa shape index (κ2) is 5.85. The average Bonchev–Trinajstić information content (AvgIpc) is 2.57. The van der Waals surface area contributed by atoms with Crippen LogP contribution in [0, 0.1) is 0 Å². The Hall–Kier alpha value is -2.88. The summed E-state index contributed by atoms with van der Waals surface area (Å²) in [4.78, 5) is 23.0. The normalized spacial score (nSPS) is 10.6. The Morgan fingerprint density at radius 2 is 1.82 bits per heavy atom. The standard InChI is InChI=1S/C18H15NO3/c1-19-17-5-3-2-4-14(17)10-15(18(19)21)12-22-16-8-6-13(11-20)7-9-16/h2-11H,12H2,1H3. The highest BCUT2D eigenvalue weighted by Gasteiger charge is 2.07. The van der Waals surface area contributed by atoms with Crippen LogP contribution in [-0.4, -0.2) is 10.9 Å². The molecule has 0 aliphatic rings. The van der Waals surface area contributed by atoms with Crippen molar-refractivity contribution in [1.29, 1.82) is 0 Å². The molecule has 0 spiro atoms. The molecule has 1 aromatic heterocycles. The summed E-state index contributed by atoms with van der Waals surface area (Å²) in [6, 6.07) is 16.4. The van der Waals surface area contributed by atoms with E-state index in [1.807, 2.05) is 30.3 Å². The smallest absolute Gasteiger partial charge is 0.257 e. The van der Waals surface area contributed by atoms with E-state index in [-0.39, 0.29) is 12.2 Å². The molecule has 22 heavy (non-hydrogen) atoms. The molecule has 0 saturated heterocycles. The Balaban J connectivity index is 1.88. The number of ether oxygens (including phenoxy) is 1. The largest absolute Gasteiger partial charge is 0.489 e. The highest BCUT2D eigenvalue weighted by atomic mass is 16.5. The zero-order valence-electron chi connectivity index (χ0n) is 12.2. The van der Waals surface area contributed by atoms with E-state index in [9.17, 15) is 9.59 Å². The first-order valence-corrected chi connectivity index (χ1v) is 6.95. The number of carbonyl (C=O) groups excluding carboxylic acids is 1. The fraction of sp³-hybridized carbons (Fsp3) is 0.111. The average molecular weight is 293 g/mol. The minimum atomic E-state index is -0.0665. The van der Waals surface area contributed by atoms with Crippen molar-refractivity contribution in [2.75, 3.05) is 0 Å². The number of benzene rings is 2. The molecule has 110 valence electrons. The summed E-state index contributed by atoms with van der Waals surface area (Å²) in [5.41, 5.74) is 2.02. The molecule has 0 radical (unpaired) electrons. The van der Waals surface area contributed by atoms with Crippen molar-refractivity contribution in [2.45, 2.75) is 6.61 Å². The molecule has 3 rings (SSSR count). The first kappa shape index (κ1) is 14.1. The number of para-hydroxylation sites is 1. The van der Waals surface area contributed by atoms with Gasteiger partial charge in [-0.05, 0) is 41.8 Å². The van der Waals surface area contributed by atoms with E-state index < -0.39 is 0 Å². The summed E-state index contributed by atoms with van der Waals surface area (Å²) in [5.74, 6) is 0.626. The molecule has 0 atom stereocenters. The molecule has 0 N–H and O–H groups in total. The van der Waals surface area contributed by atoms with E-state index in [0.29, 0.717) is 16.9 Å². The molecule has 0 aliphatic heterocycles. The number of fused-ring (bicyclic) bond motifs is 1. The third kappa shape index (κ3) is 2.63. The first-order valence-electron chi connectivity index (χ1n) is 6.95. The number of hydrogen-bond acceptors (Lipinski definition) is 3. The molecule has 1 heterocycles. The second-order valence-corrected chi connectivity index (χ2v) is 5.07. The van der Waals surface area contributed by atoms with Crippen molar-refractivity contribution >= 4 is 17.2 Å². The Morgan fingerprint density at radius 1 is 1.09 bits per heavy atom. The number of aldehydes is 1. The number of pyridine rings is 1. The zero-order chi connectivity index (χ0) is 15.5. The fourth-order valence-corrected chi connectivity index (χ4v) is 2.40. The van der Waals surface area contributed by atoms with Crippen LogP contribution in [0.15, 0.2) is 59.4 Å². The fourth-order valence-electron chi connectivity index (χ4n) is 2.40. The van der Waals surface area contributed by atoms with Gasteiger partial charge in [-0.1, -0.05) is 18.2 Å². The third-order valence-corrected chi connectivity index (χ3v) is 3.62. The Kier molecular flexibility index (Phi) is 3.74. The van der Waals surface area contributed by atoms with Crippen molar-refractivity contribution in [3.63, 3.8) is 0 Å². The second-order valence-electron chi connectivity index (χ2n) is 5.07. The van der Waals surface area contributed by atoms with Gasteiger partial charge in [-0.15, -0.1) is 0 Å². The van der Waals surface area contributed by atoms with Crippen molar-refractivity contribution < 1.29 is 9.53 Å². The van der Waals surface area contributed by atoms with Crippen molar-refractivity contribution in [3.8, 4) is 5.75 Å². The molecule has 2 aromatic carbocycles. The SMILES string of the molecule is Cn1c(=O)c(COc2ccc(C=O)cc2)cc2ccccc21. The van der Waals surface area contributed by atoms with Gasteiger partial charge < -0.3 is 9.30 Å². The van der Waals surface area contributed by atoms with Gasteiger partial charge in [-0.2, -0.15) is 0 Å². The predicted molar refractivity (Wildman–Crippen MR) is 85.4 cm³/mol. The minimum absolute atomic E-state index is 0.0665. The number of nitrogens with zero attached hydrogens (tertiary/aromatic N) is 1. The van der Waals surface area contributed by atoms with Gasteiger partial charge in [0.15, 0.2) is 0 Å². The number of aromatic nitrogens is 1. The summed E-state index contributed by atoms with van der Waals surface area (Å²) in [7, 11) is 1.76. The lowest BCUT2D eigenvalue weighted by molar-refractivity contribution is 0.112. The third-order valence-electron chi connectivity index (χ3n) is 3.62. The predicted octanol–water partition coefficient (Wildman–Crippen LogP) is 2.93. The van der Waals surface area contributed by atoms with E-state index in [0.717, 1.165) is 17.2 Å². The van der Waals surface area contributed by atoms with Crippen molar-refractivity contribution in [2.24, 2.45) is 7.05 Å². The lowest BCUT2D eigenvalue weighted by Crippen LogP contribution is -2.22. The molecule has 0 saturated carbocycles. The van der Waals surface area contributed by atoms with Crippen LogP contribution in [0.4, 0.5) is 0 Å². The molecule has 3 aromatic rings. The van der Waals surface area contributed by atoms with Crippen LogP contribution in [0.25, 0.3) is 10.9 Å².